The van der Waals surface area contributed by atoms with Crippen molar-refractivity contribution >= 4 is 11.8 Å². The summed E-state index contributed by atoms with van der Waals surface area (Å²) in [7, 11) is 1.73. The van der Waals surface area contributed by atoms with Crippen LogP contribution in [0.15, 0.2) is 42.5 Å². The van der Waals surface area contributed by atoms with Crippen LogP contribution in [-0.4, -0.2) is 42.6 Å². The minimum absolute atomic E-state index is 0.191. The van der Waals surface area contributed by atoms with E-state index in [1.54, 1.807) is 26.1 Å². The van der Waals surface area contributed by atoms with Crippen LogP contribution >= 0.6 is 0 Å². The molecule has 0 aliphatic rings. The van der Waals surface area contributed by atoms with Crippen LogP contribution < -0.4 is 16.0 Å². The van der Waals surface area contributed by atoms with Gasteiger partial charge in [0.2, 0.25) is 11.8 Å². The molecule has 4 N–H and O–H groups in total. The SMILES string of the molecule is CN[C@H](Cc1c(C)cc(O)cc1C)C(=O)N[C@H](C)C(=O)NCCCc1ccccc1. The lowest BCUT2D eigenvalue weighted by Crippen LogP contribution is -2.51. The lowest BCUT2D eigenvalue weighted by atomic mass is 9.95. The van der Waals surface area contributed by atoms with Crippen molar-refractivity contribution in [3.05, 3.63) is 64.7 Å². The summed E-state index contributed by atoms with van der Waals surface area (Å²) in [6.45, 7) is 6.08. The topological polar surface area (TPSA) is 90.5 Å². The molecule has 6 nitrogen and oxygen atoms in total. The molecule has 2 aromatic rings. The second-order valence-electron chi connectivity index (χ2n) is 7.71. The Balaban J connectivity index is 1.83. The summed E-state index contributed by atoms with van der Waals surface area (Å²) in [6.07, 6.45) is 2.22. The quantitative estimate of drug-likeness (QED) is 0.452. The van der Waals surface area contributed by atoms with Crippen LogP contribution in [0.2, 0.25) is 0 Å². The highest BCUT2D eigenvalue weighted by Crippen LogP contribution is 2.22. The molecule has 0 aromatic heterocycles. The predicted octanol–water partition coefficient (Wildman–Crippen LogP) is 2.39. The number of rotatable bonds is 10. The first-order valence-corrected chi connectivity index (χ1v) is 10.4. The van der Waals surface area contributed by atoms with Crippen LogP contribution in [0.25, 0.3) is 0 Å². The van der Waals surface area contributed by atoms with Gasteiger partial charge >= 0.3 is 0 Å². The van der Waals surface area contributed by atoms with E-state index in [9.17, 15) is 14.7 Å². The molecule has 0 fully saturated rings. The Kier molecular flexibility index (Phi) is 8.87. The second-order valence-corrected chi connectivity index (χ2v) is 7.71. The van der Waals surface area contributed by atoms with Gasteiger partial charge in [-0.05, 0) is 81.5 Å². The van der Waals surface area contributed by atoms with Crippen molar-refractivity contribution in [1.82, 2.24) is 16.0 Å². The Morgan fingerprint density at radius 1 is 1.03 bits per heavy atom. The molecule has 0 radical (unpaired) electrons. The van der Waals surface area contributed by atoms with Gasteiger partial charge in [0.05, 0.1) is 6.04 Å². The fraction of sp³-hybridized carbons (Fsp3) is 0.417. The number of carbonyl (C=O) groups excluding carboxylic acids is 2. The molecule has 0 aliphatic carbocycles. The number of amides is 2. The molecule has 0 spiro atoms. The number of phenols is 1. The molecule has 6 heteroatoms. The molecule has 2 atom stereocenters. The molecule has 0 saturated heterocycles. The van der Waals surface area contributed by atoms with E-state index < -0.39 is 12.1 Å². The van der Waals surface area contributed by atoms with E-state index in [0.29, 0.717) is 13.0 Å². The second kappa shape index (κ2) is 11.4. The Labute approximate surface area is 179 Å². The van der Waals surface area contributed by atoms with Crippen LogP contribution in [0.3, 0.4) is 0 Å². The first-order chi connectivity index (χ1) is 14.3. The number of aromatic hydroxyl groups is 1. The maximum atomic E-state index is 12.7. The van der Waals surface area contributed by atoms with Gasteiger partial charge in [-0.1, -0.05) is 30.3 Å². The van der Waals surface area contributed by atoms with Crippen LogP contribution in [0.1, 0.15) is 35.6 Å². The molecular weight excluding hydrogens is 378 g/mol. The van der Waals surface area contributed by atoms with Crippen LogP contribution in [0.5, 0.6) is 5.75 Å². The van der Waals surface area contributed by atoms with E-state index in [0.717, 1.165) is 29.5 Å². The van der Waals surface area contributed by atoms with Gasteiger partial charge in [0, 0.05) is 6.54 Å². The summed E-state index contributed by atoms with van der Waals surface area (Å²) in [6, 6.07) is 12.4. The van der Waals surface area contributed by atoms with Gasteiger partial charge in [-0.3, -0.25) is 9.59 Å². The first kappa shape index (κ1) is 23.4. The van der Waals surface area contributed by atoms with Gasteiger partial charge in [-0.2, -0.15) is 0 Å². The first-order valence-electron chi connectivity index (χ1n) is 10.4. The highest BCUT2D eigenvalue weighted by molar-refractivity contribution is 5.89. The number of hydrogen-bond donors (Lipinski definition) is 4. The highest BCUT2D eigenvalue weighted by atomic mass is 16.3. The number of likely N-dealkylation sites (N-methyl/N-ethyl adjacent to an activating group) is 1. The zero-order chi connectivity index (χ0) is 22.1. The zero-order valence-corrected chi connectivity index (χ0v) is 18.3. The van der Waals surface area contributed by atoms with Crippen LogP contribution in [-0.2, 0) is 22.4 Å². The molecule has 0 aliphatic heterocycles. The number of phenolic OH excluding ortho intramolecular Hbond substituents is 1. The van der Waals surface area contributed by atoms with Crippen molar-refractivity contribution in [2.75, 3.05) is 13.6 Å². The smallest absolute Gasteiger partial charge is 0.242 e. The summed E-state index contributed by atoms with van der Waals surface area (Å²) < 4.78 is 0. The molecule has 0 heterocycles. The number of nitrogens with one attached hydrogen (secondary N) is 3. The van der Waals surface area contributed by atoms with Gasteiger partial charge in [0.25, 0.3) is 0 Å². The fourth-order valence-corrected chi connectivity index (χ4v) is 3.50. The maximum Gasteiger partial charge on any atom is 0.242 e. The van der Waals surface area contributed by atoms with E-state index in [1.807, 2.05) is 32.0 Å². The average molecular weight is 412 g/mol. The Morgan fingerprint density at radius 3 is 2.27 bits per heavy atom. The lowest BCUT2D eigenvalue weighted by molar-refractivity contribution is -0.129. The number of carbonyl (C=O) groups is 2. The molecule has 0 bridgehead atoms. The van der Waals surface area contributed by atoms with Crippen LogP contribution in [0.4, 0.5) is 0 Å². The van der Waals surface area contributed by atoms with Crippen molar-refractivity contribution in [1.29, 1.82) is 0 Å². The summed E-state index contributed by atoms with van der Waals surface area (Å²) in [5.74, 6) is -0.198. The highest BCUT2D eigenvalue weighted by Gasteiger charge is 2.23. The Morgan fingerprint density at radius 2 is 1.67 bits per heavy atom. The van der Waals surface area contributed by atoms with Crippen molar-refractivity contribution < 1.29 is 14.7 Å². The normalized spacial score (nSPS) is 12.8. The molecule has 2 rings (SSSR count). The van der Waals surface area contributed by atoms with Crippen molar-refractivity contribution in [3.8, 4) is 5.75 Å². The number of benzene rings is 2. The number of hydrogen-bond acceptors (Lipinski definition) is 4. The van der Waals surface area contributed by atoms with E-state index in [4.69, 9.17) is 0 Å². The molecule has 0 unspecified atom stereocenters. The molecule has 2 amide bonds. The summed E-state index contributed by atoms with van der Waals surface area (Å²) in [4.78, 5) is 25.0. The Hall–Kier alpha value is -2.86. The molecular formula is C24H33N3O3. The monoisotopic (exact) mass is 411 g/mol. The third kappa shape index (κ3) is 6.88. The van der Waals surface area contributed by atoms with E-state index in [1.165, 1.54) is 5.56 Å². The summed E-state index contributed by atoms with van der Waals surface area (Å²) >= 11 is 0. The lowest BCUT2D eigenvalue weighted by Gasteiger charge is -2.21. The van der Waals surface area contributed by atoms with Crippen LogP contribution in [0, 0.1) is 13.8 Å². The number of aryl methyl sites for hydroxylation is 3. The Bertz CT molecular complexity index is 829. The molecule has 0 saturated carbocycles. The standard InChI is InChI=1S/C24H33N3O3/c1-16-13-20(28)14-17(2)21(16)15-22(25-4)24(30)27-18(3)23(29)26-12-8-11-19-9-6-5-7-10-19/h5-7,9-10,13-14,18,22,25,28H,8,11-12,15H2,1-4H3,(H,26,29)(H,27,30)/t18-,22-/m1/s1. The van der Waals surface area contributed by atoms with Gasteiger partial charge in [-0.15, -0.1) is 0 Å². The van der Waals surface area contributed by atoms with E-state index in [2.05, 4.69) is 28.1 Å². The van der Waals surface area contributed by atoms with Gasteiger partial charge < -0.3 is 21.1 Å². The van der Waals surface area contributed by atoms with Gasteiger partial charge in [0.1, 0.15) is 11.8 Å². The van der Waals surface area contributed by atoms with E-state index >= 15 is 0 Å². The minimum Gasteiger partial charge on any atom is -0.508 e. The predicted molar refractivity (Wildman–Crippen MR) is 120 cm³/mol. The third-order valence-corrected chi connectivity index (χ3v) is 5.29. The molecule has 2 aromatic carbocycles. The summed E-state index contributed by atoms with van der Waals surface area (Å²) in [5.41, 5.74) is 4.12. The van der Waals surface area contributed by atoms with E-state index in [-0.39, 0.29) is 17.6 Å². The minimum atomic E-state index is -0.618. The maximum absolute atomic E-state index is 12.7. The largest absolute Gasteiger partial charge is 0.508 e. The zero-order valence-electron chi connectivity index (χ0n) is 18.3. The van der Waals surface area contributed by atoms with Gasteiger partial charge in [-0.25, -0.2) is 0 Å². The molecule has 162 valence electrons. The summed E-state index contributed by atoms with van der Waals surface area (Å²) in [5, 5.41) is 18.4. The van der Waals surface area contributed by atoms with Crippen molar-refractivity contribution in [3.63, 3.8) is 0 Å². The molecule has 30 heavy (non-hydrogen) atoms. The van der Waals surface area contributed by atoms with Crippen molar-refractivity contribution in [2.24, 2.45) is 0 Å². The third-order valence-electron chi connectivity index (χ3n) is 5.29. The van der Waals surface area contributed by atoms with Crippen molar-refractivity contribution in [2.45, 2.75) is 52.1 Å². The average Bonchev–Trinajstić information content (AvgIpc) is 2.71. The van der Waals surface area contributed by atoms with Gasteiger partial charge in [0.15, 0.2) is 0 Å². The fourth-order valence-electron chi connectivity index (χ4n) is 3.50.